The van der Waals surface area contributed by atoms with Crippen LogP contribution in [0.1, 0.15) is 75.0 Å². The Bertz CT molecular complexity index is 1640. The van der Waals surface area contributed by atoms with Crippen molar-refractivity contribution in [3.8, 4) is 5.75 Å². The summed E-state index contributed by atoms with van der Waals surface area (Å²) >= 11 is 0. The fourth-order valence-corrected chi connectivity index (χ4v) is 8.58. The highest BCUT2D eigenvalue weighted by Gasteiger charge is 2.82. The predicted octanol–water partition coefficient (Wildman–Crippen LogP) is 3.24. The summed E-state index contributed by atoms with van der Waals surface area (Å²) in [6.45, 7) is 9.20. The minimum absolute atomic E-state index is 0.0501. The van der Waals surface area contributed by atoms with Crippen molar-refractivity contribution in [2.45, 2.75) is 96.2 Å². The van der Waals surface area contributed by atoms with Gasteiger partial charge in [0, 0.05) is 39.5 Å². The zero-order valence-electron chi connectivity index (χ0n) is 27.4. The molecule has 0 radical (unpaired) electrons. The van der Waals surface area contributed by atoms with Crippen molar-refractivity contribution in [3.63, 3.8) is 0 Å². The van der Waals surface area contributed by atoms with E-state index < -0.39 is 89.1 Å². The van der Waals surface area contributed by atoms with Crippen molar-refractivity contribution < 1.29 is 57.9 Å². The van der Waals surface area contributed by atoms with E-state index in [1.54, 1.807) is 44.2 Å². The van der Waals surface area contributed by atoms with Crippen LogP contribution in [0.4, 0.5) is 0 Å². The molecule has 8 atom stereocenters. The summed E-state index contributed by atoms with van der Waals surface area (Å²) < 4.78 is 29.8. The number of hydrogen-bond acceptors (Lipinski definition) is 12. The standard InChI is InChI=1S/C35H40O12/c1-18-13-14-25-24(27(18)40)15-34(17-43-19(2)36)29(44-20(3)37)26-28(46-30(41)23-11-9-8-10-12-23)32(6,47-22(5)39)16-35(26,42)31(33(25,34)7)45-21(4)38/h8-14,26,28-29,31,40,42H,15-17H2,1-7H3/t26-,28-,29-,31-,32-,33-,34-,35-/m1/s1. The van der Waals surface area contributed by atoms with Crippen molar-refractivity contribution in [1.29, 1.82) is 0 Å². The number of carbonyl (C=O) groups is 5. The lowest BCUT2D eigenvalue weighted by Gasteiger charge is -2.61. The third kappa shape index (κ3) is 5.22. The Morgan fingerprint density at radius 2 is 1.47 bits per heavy atom. The molecule has 0 spiro atoms. The van der Waals surface area contributed by atoms with Gasteiger partial charge in [0.15, 0.2) is 6.10 Å². The maximum absolute atomic E-state index is 13.6. The molecule has 0 amide bonds. The molecule has 2 aromatic rings. The lowest BCUT2D eigenvalue weighted by Crippen LogP contribution is -2.75. The molecule has 12 nitrogen and oxygen atoms in total. The van der Waals surface area contributed by atoms with Crippen molar-refractivity contribution in [1.82, 2.24) is 0 Å². The molecule has 5 rings (SSSR count). The van der Waals surface area contributed by atoms with E-state index in [4.69, 9.17) is 23.7 Å². The topological polar surface area (TPSA) is 172 Å². The van der Waals surface area contributed by atoms with E-state index in [9.17, 15) is 34.2 Å². The Hall–Kier alpha value is -4.45. The van der Waals surface area contributed by atoms with E-state index in [0.29, 0.717) is 16.7 Å². The van der Waals surface area contributed by atoms with Crippen LogP contribution in [0.5, 0.6) is 5.75 Å². The van der Waals surface area contributed by atoms with Crippen molar-refractivity contribution >= 4 is 29.8 Å². The Morgan fingerprint density at radius 3 is 2.04 bits per heavy atom. The van der Waals surface area contributed by atoms with Crippen LogP contribution in [0.3, 0.4) is 0 Å². The maximum atomic E-state index is 13.6. The number of fused-ring (bicyclic) bond motifs is 4. The SMILES string of the molecule is CC(=O)OC[C@@]12Cc3c(ccc(C)c3O)[C@]1(C)[C@@H](OC(C)=O)[C@@]1(O)C[C@@](C)(OC(C)=O)[C@H](OC(=O)c3ccccc3)[C@@H]1[C@H]2OC(C)=O. The monoisotopic (exact) mass is 652 g/mol. The predicted molar refractivity (Wildman–Crippen MR) is 163 cm³/mol. The molecule has 2 fully saturated rings. The number of esters is 5. The first-order valence-corrected chi connectivity index (χ1v) is 15.4. The molecule has 12 heteroatoms. The molecule has 2 aromatic carbocycles. The second-order valence-corrected chi connectivity index (χ2v) is 13.4. The second kappa shape index (κ2) is 11.7. The molecular weight excluding hydrogens is 612 g/mol. The average molecular weight is 653 g/mol. The second-order valence-electron chi connectivity index (χ2n) is 13.4. The molecule has 0 aliphatic heterocycles. The van der Waals surface area contributed by atoms with Crippen molar-refractivity contribution in [3.05, 3.63) is 64.7 Å². The largest absolute Gasteiger partial charge is 0.507 e. The Kier molecular flexibility index (Phi) is 8.41. The number of rotatable bonds is 7. The number of benzene rings is 2. The molecule has 252 valence electrons. The molecule has 2 saturated carbocycles. The van der Waals surface area contributed by atoms with Crippen LogP contribution in [0.15, 0.2) is 42.5 Å². The fourth-order valence-electron chi connectivity index (χ4n) is 8.58. The first-order chi connectivity index (χ1) is 21.9. The molecule has 3 aliphatic rings. The normalized spacial score (nSPS) is 33.4. The molecule has 0 aromatic heterocycles. The van der Waals surface area contributed by atoms with Gasteiger partial charge in [-0.05, 0) is 49.1 Å². The van der Waals surface area contributed by atoms with Gasteiger partial charge >= 0.3 is 29.8 Å². The highest BCUT2D eigenvalue weighted by atomic mass is 16.6. The van der Waals surface area contributed by atoms with E-state index in [-0.39, 0.29) is 17.7 Å². The van der Waals surface area contributed by atoms with Gasteiger partial charge in [-0.2, -0.15) is 0 Å². The summed E-state index contributed by atoms with van der Waals surface area (Å²) in [5.74, 6) is -5.19. The first-order valence-electron chi connectivity index (χ1n) is 15.4. The van der Waals surface area contributed by atoms with Gasteiger partial charge in [0.1, 0.15) is 35.8 Å². The summed E-state index contributed by atoms with van der Waals surface area (Å²) in [6.07, 6.45) is -4.80. The number of phenolic OH excluding ortho intramolecular Hbond substituents is 1. The van der Waals surface area contributed by atoms with E-state index >= 15 is 0 Å². The van der Waals surface area contributed by atoms with Crippen LogP contribution in [0.25, 0.3) is 0 Å². The number of aliphatic hydroxyl groups is 1. The molecule has 3 aliphatic carbocycles. The average Bonchev–Trinajstić information content (AvgIpc) is 3.36. The van der Waals surface area contributed by atoms with E-state index in [1.165, 1.54) is 46.8 Å². The molecular formula is C35H40O12. The number of aromatic hydroxyl groups is 1. The maximum Gasteiger partial charge on any atom is 0.338 e. The third-order valence-corrected chi connectivity index (χ3v) is 10.3. The molecule has 0 bridgehead atoms. The number of phenols is 1. The highest BCUT2D eigenvalue weighted by Crippen LogP contribution is 2.69. The number of carbonyl (C=O) groups excluding carboxylic acids is 5. The minimum Gasteiger partial charge on any atom is -0.507 e. The minimum atomic E-state index is -2.17. The van der Waals surface area contributed by atoms with Gasteiger partial charge in [0.25, 0.3) is 0 Å². The zero-order valence-corrected chi connectivity index (χ0v) is 27.4. The Morgan fingerprint density at radius 1 is 0.830 bits per heavy atom. The number of aryl methyl sites for hydroxylation is 1. The van der Waals surface area contributed by atoms with Crippen LogP contribution in [-0.4, -0.2) is 76.2 Å². The van der Waals surface area contributed by atoms with Crippen LogP contribution < -0.4 is 0 Å². The van der Waals surface area contributed by atoms with Gasteiger partial charge in [0.2, 0.25) is 0 Å². The zero-order chi connectivity index (χ0) is 34.7. The van der Waals surface area contributed by atoms with E-state index in [1.807, 2.05) is 0 Å². The molecule has 47 heavy (non-hydrogen) atoms. The van der Waals surface area contributed by atoms with Gasteiger partial charge in [-0.3, -0.25) is 19.2 Å². The molecule has 2 N–H and O–H groups in total. The van der Waals surface area contributed by atoms with E-state index in [2.05, 4.69) is 0 Å². The van der Waals surface area contributed by atoms with Gasteiger partial charge in [-0.15, -0.1) is 0 Å². The van der Waals surface area contributed by atoms with Crippen LogP contribution in [-0.2, 0) is 54.7 Å². The third-order valence-electron chi connectivity index (χ3n) is 10.3. The fraction of sp³-hybridized carbons (Fsp3) is 0.514. The summed E-state index contributed by atoms with van der Waals surface area (Å²) in [7, 11) is 0. The smallest absolute Gasteiger partial charge is 0.338 e. The Balaban J connectivity index is 1.84. The van der Waals surface area contributed by atoms with Gasteiger partial charge in [0.05, 0.1) is 16.9 Å². The summed E-state index contributed by atoms with van der Waals surface area (Å²) in [5, 5.41) is 24.4. The van der Waals surface area contributed by atoms with Crippen LogP contribution in [0.2, 0.25) is 0 Å². The van der Waals surface area contributed by atoms with E-state index in [0.717, 1.165) is 0 Å². The van der Waals surface area contributed by atoms with Gasteiger partial charge in [-0.25, -0.2) is 4.79 Å². The van der Waals surface area contributed by atoms with Crippen LogP contribution >= 0.6 is 0 Å². The quantitative estimate of drug-likeness (QED) is 0.331. The lowest BCUT2D eigenvalue weighted by molar-refractivity contribution is -0.270. The number of ether oxygens (including phenoxy) is 5. The molecule has 0 unspecified atom stereocenters. The summed E-state index contributed by atoms with van der Waals surface area (Å²) in [6, 6.07) is 11.4. The highest BCUT2D eigenvalue weighted by molar-refractivity contribution is 5.89. The Labute approximate surface area is 272 Å². The van der Waals surface area contributed by atoms with Crippen molar-refractivity contribution in [2.24, 2.45) is 11.3 Å². The number of hydrogen-bond donors (Lipinski definition) is 2. The first kappa shape index (κ1) is 33.9. The van der Waals surface area contributed by atoms with Gasteiger partial charge < -0.3 is 33.9 Å². The van der Waals surface area contributed by atoms with Crippen molar-refractivity contribution in [2.75, 3.05) is 6.61 Å². The molecule has 0 saturated heterocycles. The summed E-state index contributed by atoms with van der Waals surface area (Å²) in [5.41, 5.74) is -5.28. The van der Waals surface area contributed by atoms with Gasteiger partial charge in [-0.1, -0.05) is 37.3 Å². The lowest BCUT2D eigenvalue weighted by atomic mass is 9.48. The summed E-state index contributed by atoms with van der Waals surface area (Å²) in [4.78, 5) is 64.5. The molecule has 0 heterocycles. The van der Waals surface area contributed by atoms with Crippen LogP contribution in [0, 0.1) is 18.3 Å².